The molecule has 1 aliphatic rings. The van der Waals surface area contributed by atoms with Crippen LogP contribution >= 0.6 is 0 Å². The zero-order chi connectivity index (χ0) is 14.8. The molecule has 0 aliphatic carbocycles. The van der Waals surface area contributed by atoms with E-state index >= 15 is 0 Å². The van der Waals surface area contributed by atoms with Gasteiger partial charge < -0.3 is 8.94 Å². The number of furan rings is 1. The fourth-order valence-electron chi connectivity index (χ4n) is 2.64. The van der Waals surface area contributed by atoms with E-state index in [2.05, 4.69) is 35.9 Å². The van der Waals surface area contributed by atoms with Crippen LogP contribution in [-0.4, -0.2) is 34.6 Å². The summed E-state index contributed by atoms with van der Waals surface area (Å²) < 4.78 is 10.7. The smallest absolute Gasteiger partial charge is 0.142 e. The van der Waals surface area contributed by atoms with Gasteiger partial charge in [-0.15, -0.1) is 0 Å². The van der Waals surface area contributed by atoms with Crippen molar-refractivity contribution in [3.05, 3.63) is 41.2 Å². The topological polar surface area (TPSA) is 45.7 Å². The highest BCUT2D eigenvalue weighted by molar-refractivity contribution is 5.25. The first-order chi connectivity index (χ1) is 10.1. The largest absolute Gasteiger partial charge is 0.472 e. The summed E-state index contributed by atoms with van der Waals surface area (Å²) in [5, 5.41) is 4.29. The summed E-state index contributed by atoms with van der Waals surface area (Å²) in [4.78, 5) is 4.70. The van der Waals surface area contributed by atoms with Crippen LogP contribution in [0.4, 0.5) is 0 Å². The molecule has 0 radical (unpaired) electrons. The van der Waals surface area contributed by atoms with E-state index in [0.29, 0.717) is 6.04 Å². The molecular weight excluding hydrogens is 266 g/mol. The van der Waals surface area contributed by atoms with Crippen molar-refractivity contribution in [3.63, 3.8) is 0 Å². The molecule has 0 N–H and O–H groups in total. The minimum absolute atomic E-state index is 0.503. The lowest BCUT2D eigenvalue weighted by Crippen LogP contribution is -2.31. The molecule has 0 amide bonds. The monoisotopic (exact) mass is 289 g/mol. The first kappa shape index (κ1) is 14.4. The van der Waals surface area contributed by atoms with E-state index in [1.807, 2.05) is 12.3 Å². The molecule has 114 valence electrons. The highest BCUT2D eigenvalue weighted by Gasteiger charge is 2.25. The quantitative estimate of drug-likeness (QED) is 0.847. The average Bonchev–Trinajstić information content (AvgIpc) is 3.09. The van der Waals surface area contributed by atoms with Gasteiger partial charge in [0.25, 0.3) is 0 Å². The van der Waals surface area contributed by atoms with Crippen molar-refractivity contribution >= 4 is 0 Å². The first-order valence-electron chi connectivity index (χ1n) is 7.53. The summed E-state index contributed by atoms with van der Waals surface area (Å²) in [7, 11) is 2.12. The fourth-order valence-corrected chi connectivity index (χ4v) is 2.64. The first-order valence-corrected chi connectivity index (χ1v) is 7.53. The number of aromatic nitrogens is 1. The van der Waals surface area contributed by atoms with Gasteiger partial charge in [-0.2, -0.15) is 0 Å². The van der Waals surface area contributed by atoms with Crippen LogP contribution in [-0.2, 0) is 26.1 Å². The van der Waals surface area contributed by atoms with Crippen LogP contribution < -0.4 is 0 Å². The maximum absolute atomic E-state index is 5.53. The predicted octanol–water partition coefficient (Wildman–Crippen LogP) is 2.67. The van der Waals surface area contributed by atoms with Gasteiger partial charge in [0.15, 0.2) is 0 Å². The van der Waals surface area contributed by atoms with Crippen LogP contribution in [0.5, 0.6) is 0 Å². The molecule has 0 unspecified atom stereocenters. The van der Waals surface area contributed by atoms with Crippen molar-refractivity contribution in [1.29, 1.82) is 0 Å². The molecule has 0 saturated carbocycles. The zero-order valence-corrected chi connectivity index (χ0v) is 13.0. The van der Waals surface area contributed by atoms with Gasteiger partial charge in [0.2, 0.25) is 0 Å². The molecule has 0 spiro atoms. The Morgan fingerprint density at radius 3 is 3.00 bits per heavy atom. The molecule has 0 saturated heterocycles. The molecule has 5 heteroatoms. The lowest BCUT2D eigenvalue weighted by Gasteiger charge is -2.26. The number of hydrogen-bond acceptors (Lipinski definition) is 5. The van der Waals surface area contributed by atoms with Gasteiger partial charge in [-0.3, -0.25) is 9.80 Å². The average molecular weight is 289 g/mol. The van der Waals surface area contributed by atoms with Crippen molar-refractivity contribution in [1.82, 2.24) is 15.0 Å². The Kier molecular flexibility index (Phi) is 4.12. The van der Waals surface area contributed by atoms with E-state index in [9.17, 15) is 0 Å². The zero-order valence-electron chi connectivity index (χ0n) is 13.0. The molecule has 0 atom stereocenters. The van der Waals surface area contributed by atoms with Crippen LogP contribution in [0, 0.1) is 0 Å². The van der Waals surface area contributed by atoms with E-state index in [1.165, 1.54) is 11.1 Å². The van der Waals surface area contributed by atoms with Crippen LogP contribution in [0.1, 0.15) is 36.4 Å². The summed E-state index contributed by atoms with van der Waals surface area (Å²) in [6.07, 6.45) is 4.48. The molecule has 2 aromatic rings. The Morgan fingerprint density at radius 1 is 1.43 bits per heavy atom. The van der Waals surface area contributed by atoms with Crippen molar-refractivity contribution in [2.24, 2.45) is 0 Å². The number of fused-ring (bicyclic) bond motifs is 1. The van der Waals surface area contributed by atoms with Crippen molar-refractivity contribution < 1.29 is 8.94 Å². The van der Waals surface area contributed by atoms with Crippen LogP contribution in [0.2, 0.25) is 0 Å². The van der Waals surface area contributed by atoms with Crippen molar-refractivity contribution in [3.8, 4) is 0 Å². The Hall–Kier alpha value is -1.59. The summed E-state index contributed by atoms with van der Waals surface area (Å²) in [6.45, 7) is 8.06. The Balaban J connectivity index is 1.70. The van der Waals surface area contributed by atoms with E-state index in [4.69, 9.17) is 8.94 Å². The maximum Gasteiger partial charge on any atom is 0.142 e. The van der Waals surface area contributed by atoms with E-state index < -0.39 is 0 Å². The summed E-state index contributed by atoms with van der Waals surface area (Å²) >= 11 is 0. The van der Waals surface area contributed by atoms with E-state index in [-0.39, 0.29) is 0 Å². The molecule has 21 heavy (non-hydrogen) atoms. The van der Waals surface area contributed by atoms with Crippen LogP contribution in [0.15, 0.2) is 27.5 Å². The van der Waals surface area contributed by atoms with Gasteiger partial charge >= 0.3 is 0 Å². The number of nitrogens with zero attached hydrogens (tertiary/aromatic N) is 3. The highest BCUT2D eigenvalue weighted by atomic mass is 16.5. The molecule has 0 fully saturated rings. The van der Waals surface area contributed by atoms with Gasteiger partial charge in [-0.05, 0) is 27.0 Å². The van der Waals surface area contributed by atoms with Crippen molar-refractivity contribution in [2.75, 3.05) is 13.6 Å². The molecule has 2 aromatic heterocycles. The third-order valence-corrected chi connectivity index (χ3v) is 4.25. The second-order valence-corrected chi connectivity index (χ2v) is 6.13. The number of rotatable bonds is 5. The molecule has 1 aliphatic heterocycles. The van der Waals surface area contributed by atoms with Gasteiger partial charge in [-0.25, -0.2) is 0 Å². The van der Waals surface area contributed by atoms with Crippen LogP contribution in [0.3, 0.4) is 0 Å². The summed E-state index contributed by atoms with van der Waals surface area (Å²) in [6, 6.07) is 2.53. The molecule has 3 heterocycles. The maximum atomic E-state index is 5.53. The second kappa shape index (κ2) is 6.03. The minimum atomic E-state index is 0.503. The van der Waals surface area contributed by atoms with Gasteiger partial charge in [0, 0.05) is 49.8 Å². The molecular formula is C16H23N3O2. The van der Waals surface area contributed by atoms with Gasteiger partial charge in [0.1, 0.15) is 11.5 Å². The van der Waals surface area contributed by atoms with Crippen LogP contribution in [0.25, 0.3) is 0 Å². The summed E-state index contributed by atoms with van der Waals surface area (Å²) in [5.74, 6) is 1.06. The normalized spacial score (nSPS) is 15.9. The van der Waals surface area contributed by atoms with E-state index in [0.717, 1.165) is 44.1 Å². The third-order valence-electron chi connectivity index (χ3n) is 4.25. The summed E-state index contributed by atoms with van der Waals surface area (Å²) in [5.41, 5.74) is 3.58. The lowest BCUT2D eigenvalue weighted by molar-refractivity contribution is 0.227. The Morgan fingerprint density at radius 2 is 2.29 bits per heavy atom. The van der Waals surface area contributed by atoms with Gasteiger partial charge in [-0.1, -0.05) is 5.16 Å². The Bertz CT molecular complexity index is 574. The second-order valence-electron chi connectivity index (χ2n) is 6.13. The molecule has 3 rings (SSSR count). The molecule has 0 aromatic carbocycles. The minimum Gasteiger partial charge on any atom is -0.472 e. The fraction of sp³-hybridized carbons (Fsp3) is 0.562. The van der Waals surface area contributed by atoms with E-state index in [1.54, 1.807) is 6.26 Å². The molecule has 0 bridgehead atoms. The Labute approximate surface area is 125 Å². The highest BCUT2D eigenvalue weighted by Crippen LogP contribution is 2.24. The number of hydrogen-bond donors (Lipinski definition) is 0. The standard InChI is InChI=1S/C16H23N3O2/c1-12(2)18(3)10-15-14-9-19(6-4-16(14)21-17-15)8-13-5-7-20-11-13/h5,7,11-12H,4,6,8-10H2,1-3H3. The predicted molar refractivity (Wildman–Crippen MR) is 79.6 cm³/mol. The molecule has 5 nitrogen and oxygen atoms in total. The van der Waals surface area contributed by atoms with Gasteiger partial charge in [0.05, 0.1) is 12.5 Å². The van der Waals surface area contributed by atoms with Crippen molar-refractivity contribution in [2.45, 2.75) is 45.9 Å². The lowest BCUT2D eigenvalue weighted by atomic mass is 10.0. The third kappa shape index (κ3) is 3.19. The SMILES string of the molecule is CC(C)N(C)Cc1noc2c1CN(Cc1ccoc1)CC2.